The van der Waals surface area contributed by atoms with Gasteiger partial charge in [-0.3, -0.25) is 4.99 Å². The molecule has 6 heteroatoms. The third-order valence-corrected chi connectivity index (χ3v) is 4.92. The van der Waals surface area contributed by atoms with Crippen LogP contribution in [0.3, 0.4) is 0 Å². The number of hydrogen-bond donors (Lipinski definition) is 0. The summed E-state index contributed by atoms with van der Waals surface area (Å²) in [5.41, 5.74) is 1.25. The molecule has 1 heterocycles. The topological polar surface area (TPSA) is 18.8 Å². The molecule has 0 bridgehead atoms. The highest BCUT2D eigenvalue weighted by atomic mass is 19.4. The summed E-state index contributed by atoms with van der Waals surface area (Å²) in [4.78, 5) is 9.05. The Morgan fingerprint density at radius 1 is 1.00 bits per heavy atom. The molecule has 0 saturated carbocycles. The van der Waals surface area contributed by atoms with E-state index in [-0.39, 0.29) is 0 Å². The summed E-state index contributed by atoms with van der Waals surface area (Å²) in [5, 5.41) is 0. The minimum Gasteiger partial charge on any atom is -0.360 e. The molecule has 0 aliphatic carbocycles. The van der Waals surface area contributed by atoms with Crippen LogP contribution in [0.4, 0.5) is 18.9 Å². The van der Waals surface area contributed by atoms with Crippen molar-refractivity contribution in [2.24, 2.45) is 4.99 Å². The summed E-state index contributed by atoms with van der Waals surface area (Å²) >= 11 is 0. The number of nitrogens with zero attached hydrogens (tertiary/aromatic N) is 3. The maximum Gasteiger partial charge on any atom is 0.416 e. The number of aliphatic imine (C=N–C) groups is 1. The molecular weight excluding hydrogens is 363 g/mol. The van der Waals surface area contributed by atoms with Crippen LogP contribution < -0.4 is 4.90 Å². The van der Waals surface area contributed by atoms with Crippen molar-refractivity contribution in [1.82, 2.24) is 4.90 Å². The van der Waals surface area contributed by atoms with E-state index in [1.54, 1.807) is 12.1 Å². The molecule has 3 nitrogen and oxygen atoms in total. The quantitative estimate of drug-likeness (QED) is 0.616. The van der Waals surface area contributed by atoms with Gasteiger partial charge >= 0.3 is 6.18 Å². The molecule has 0 N–H and O–H groups in total. The summed E-state index contributed by atoms with van der Waals surface area (Å²) < 4.78 is 38.8. The summed E-state index contributed by atoms with van der Waals surface area (Å²) in [6, 6.07) is 15.4. The van der Waals surface area contributed by atoms with Gasteiger partial charge in [-0.1, -0.05) is 43.7 Å². The van der Waals surface area contributed by atoms with E-state index >= 15 is 0 Å². The lowest BCUT2D eigenvalue weighted by Crippen LogP contribution is -2.38. The highest BCUT2D eigenvalue weighted by molar-refractivity contribution is 5.88. The monoisotopic (exact) mass is 389 g/mol. The molecule has 0 atom stereocenters. The lowest BCUT2D eigenvalue weighted by molar-refractivity contribution is -0.137. The maximum absolute atomic E-state index is 12.9. The van der Waals surface area contributed by atoms with Crippen LogP contribution in [0.15, 0.2) is 59.6 Å². The van der Waals surface area contributed by atoms with Crippen molar-refractivity contribution in [2.75, 3.05) is 31.1 Å². The molecule has 0 aromatic heterocycles. The van der Waals surface area contributed by atoms with Gasteiger partial charge in [0, 0.05) is 25.3 Å². The van der Waals surface area contributed by atoms with Crippen molar-refractivity contribution in [1.29, 1.82) is 0 Å². The SMILES string of the molecule is CCCCN1CCN=C1CN(Cc1ccccc1)c1ccc(C(F)(F)F)cc1. The molecule has 2 aromatic rings. The number of anilines is 1. The number of hydrogen-bond acceptors (Lipinski definition) is 3. The Morgan fingerprint density at radius 3 is 2.36 bits per heavy atom. The molecule has 28 heavy (non-hydrogen) atoms. The van der Waals surface area contributed by atoms with Crippen LogP contribution in [0.2, 0.25) is 0 Å². The highest BCUT2D eigenvalue weighted by Crippen LogP contribution is 2.31. The zero-order valence-electron chi connectivity index (χ0n) is 16.1. The summed E-state index contributed by atoms with van der Waals surface area (Å²) in [5.74, 6) is 1.02. The minimum atomic E-state index is -4.32. The predicted molar refractivity (Wildman–Crippen MR) is 108 cm³/mol. The van der Waals surface area contributed by atoms with E-state index in [0.29, 0.717) is 13.1 Å². The van der Waals surface area contributed by atoms with Crippen LogP contribution in [0.5, 0.6) is 0 Å². The molecule has 3 rings (SSSR count). The summed E-state index contributed by atoms with van der Waals surface area (Å²) in [6.45, 7) is 6.04. The van der Waals surface area contributed by atoms with Gasteiger partial charge in [0.25, 0.3) is 0 Å². The third kappa shape index (κ3) is 5.27. The van der Waals surface area contributed by atoms with Crippen LogP contribution in [-0.4, -0.2) is 36.9 Å². The lowest BCUT2D eigenvalue weighted by Gasteiger charge is -2.29. The maximum atomic E-state index is 12.9. The first-order chi connectivity index (χ1) is 13.5. The van der Waals surface area contributed by atoms with Crippen LogP contribution in [0, 0.1) is 0 Å². The fraction of sp³-hybridized carbons (Fsp3) is 0.409. The predicted octanol–water partition coefficient (Wildman–Crippen LogP) is 5.23. The van der Waals surface area contributed by atoms with Crippen molar-refractivity contribution < 1.29 is 13.2 Å². The Kier molecular flexibility index (Phi) is 6.60. The molecular formula is C22H26F3N3. The normalized spacial score (nSPS) is 14.3. The second kappa shape index (κ2) is 9.13. The smallest absolute Gasteiger partial charge is 0.360 e. The molecule has 0 amide bonds. The van der Waals surface area contributed by atoms with Crippen LogP contribution in [0.25, 0.3) is 0 Å². The zero-order chi connectivity index (χ0) is 20.0. The van der Waals surface area contributed by atoms with Gasteiger partial charge in [-0.05, 0) is 36.2 Å². The van der Waals surface area contributed by atoms with Crippen molar-refractivity contribution in [3.05, 3.63) is 65.7 Å². The first-order valence-corrected chi connectivity index (χ1v) is 9.72. The number of unbranched alkanes of at least 4 members (excludes halogenated alkanes) is 1. The minimum absolute atomic E-state index is 0.587. The summed E-state index contributed by atoms with van der Waals surface area (Å²) in [6.07, 6.45) is -2.09. The summed E-state index contributed by atoms with van der Waals surface area (Å²) in [7, 11) is 0. The van der Waals surface area contributed by atoms with Crippen LogP contribution >= 0.6 is 0 Å². The van der Waals surface area contributed by atoms with E-state index in [9.17, 15) is 13.2 Å². The Bertz CT molecular complexity index is 770. The second-order valence-corrected chi connectivity index (χ2v) is 7.02. The van der Waals surface area contributed by atoms with Gasteiger partial charge in [-0.15, -0.1) is 0 Å². The lowest BCUT2D eigenvalue weighted by atomic mass is 10.1. The number of amidine groups is 1. The van der Waals surface area contributed by atoms with Gasteiger partial charge < -0.3 is 9.80 Å². The fourth-order valence-corrected chi connectivity index (χ4v) is 3.34. The Morgan fingerprint density at radius 2 is 1.71 bits per heavy atom. The van der Waals surface area contributed by atoms with Crippen molar-refractivity contribution in [3.8, 4) is 0 Å². The molecule has 150 valence electrons. The van der Waals surface area contributed by atoms with E-state index in [1.165, 1.54) is 0 Å². The zero-order valence-corrected chi connectivity index (χ0v) is 16.1. The number of rotatable bonds is 8. The van der Waals surface area contributed by atoms with E-state index in [0.717, 1.165) is 61.7 Å². The molecule has 0 saturated heterocycles. The number of benzene rings is 2. The standard InChI is InChI=1S/C22H26F3N3/c1-2-3-14-27-15-13-26-21(27)17-28(16-18-7-5-4-6-8-18)20-11-9-19(10-12-20)22(23,24)25/h4-12H,2-3,13-17H2,1H3. The van der Waals surface area contributed by atoms with Gasteiger partial charge in [-0.25, -0.2) is 0 Å². The Hall–Kier alpha value is -2.50. The Labute approximate surface area is 164 Å². The first-order valence-electron chi connectivity index (χ1n) is 9.72. The van der Waals surface area contributed by atoms with E-state index < -0.39 is 11.7 Å². The highest BCUT2D eigenvalue weighted by Gasteiger charge is 2.30. The van der Waals surface area contributed by atoms with E-state index in [1.807, 2.05) is 30.3 Å². The van der Waals surface area contributed by atoms with Gasteiger partial charge in [0.15, 0.2) is 0 Å². The average molecular weight is 389 g/mol. The van der Waals surface area contributed by atoms with Crippen molar-refractivity contribution in [2.45, 2.75) is 32.5 Å². The molecule has 0 radical (unpaired) electrons. The fourth-order valence-electron chi connectivity index (χ4n) is 3.34. The molecule has 0 fully saturated rings. The molecule has 0 spiro atoms. The molecule has 1 aliphatic heterocycles. The molecule has 0 unspecified atom stereocenters. The van der Waals surface area contributed by atoms with Crippen LogP contribution in [0.1, 0.15) is 30.9 Å². The third-order valence-electron chi connectivity index (χ3n) is 4.92. The van der Waals surface area contributed by atoms with Gasteiger partial charge in [-0.2, -0.15) is 13.2 Å². The van der Waals surface area contributed by atoms with E-state index in [4.69, 9.17) is 0 Å². The molecule has 1 aliphatic rings. The van der Waals surface area contributed by atoms with Gasteiger partial charge in [0.2, 0.25) is 0 Å². The first kappa shape index (κ1) is 20.2. The van der Waals surface area contributed by atoms with Crippen LogP contribution in [-0.2, 0) is 12.7 Å². The number of halogens is 3. The van der Waals surface area contributed by atoms with Gasteiger partial charge in [0.1, 0.15) is 5.84 Å². The van der Waals surface area contributed by atoms with E-state index in [2.05, 4.69) is 21.7 Å². The second-order valence-electron chi connectivity index (χ2n) is 7.02. The Balaban J connectivity index is 1.81. The largest absolute Gasteiger partial charge is 0.416 e. The average Bonchev–Trinajstić information content (AvgIpc) is 3.13. The van der Waals surface area contributed by atoms with Crippen molar-refractivity contribution >= 4 is 11.5 Å². The number of alkyl halides is 3. The molecule has 2 aromatic carbocycles. The van der Waals surface area contributed by atoms with Crippen molar-refractivity contribution in [3.63, 3.8) is 0 Å². The van der Waals surface area contributed by atoms with Gasteiger partial charge in [0.05, 0.1) is 18.7 Å².